The van der Waals surface area contributed by atoms with Crippen LogP contribution in [0.5, 0.6) is 5.75 Å². The monoisotopic (exact) mass is 652 g/mol. The van der Waals surface area contributed by atoms with Crippen molar-refractivity contribution in [1.82, 2.24) is 0 Å². The highest BCUT2D eigenvalue weighted by atomic mass is 127. The second-order valence-corrected chi connectivity index (χ2v) is 11.8. The van der Waals surface area contributed by atoms with E-state index < -0.39 is 16.3 Å². The highest BCUT2D eigenvalue weighted by Gasteiger charge is 2.36. The normalized spacial score (nSPS) is 11.7. The van der Waals surface area contributed by atoms with Crippen molar-refractivity contribution < 1.29 is 14.1 Å². The second kappa shape index (κ2) is 9.62. The molecule has 0 heterocycles. The smallest absolute Gasteiger partial charge is 0.353 e. The molecule has 0 unspecified atom stereocenters. The Morgan fingerprint density at radius 1 is 0.645 bits per heavy atom. The minimum absolute atomic E-state index is 0.0981. The second-order valence-electron chi connectivity index (χ2n) is 6.67. The predicted octanol–water partition coefficient (Wildman–Crippen LogP) is 7.66. The summed E-state index contributed by atoms with van der Waals surface area (Å²) in [7, 11) is -2.40. The molecule has 0 atom stereocenters. The zero-order valence-electron chi connectivity index (χ0n) is 16.2. The Kier molecular flexibility index (Phi) is 6.88. The van der Waals surface area contributed by atoms with Gasteiger partial charge < -0.3 is 9.29 Å². The number of para-hydroxylation sites is 1. The molecule has 0 aromatic heterocycles. The Balaban J connectivity index is 1.97. The summed E-state index contributed by atoms with van der Waals surface area (Å²) in [5.41, 5.74) is 0.145. The molecule has 0 aliphatic rings. The zero-order chi connectivity index (χ0) is 21.8. The van der Waals surface area contributed by atoms with Crippen LogP contribution in [0.2, 0.25) is 0 Å². The summed E-state index contributed by atoms with van der Waals surface area (Å²) >= 11 is 4.53. The number of benzene rings is 4. The molecular formula is C25H18I2O3S. The first-order valence-electron chi connectivity index (χ1n) is 9.42. The SMILES string of the molecule is O=C(OS(c1ccccc1)(c1ccc(I)cc1)c1ccc(I)cc1)c1ccccc1O. The van der Waals surface area contributed by atoms with E-state index in [1.165, 1.54) is 6.07 Å². The van der Waals surface area contributed by atoms with Gasteiger partial charge in [0.25, 0.3) is 0 Å². The lowest BCUT2D eigenvalue weighted by atomic mass is 10.2. The van der Waals surface area contributed by atoms with Gasteiger partial charge in [-0.2, -0.15) is 0 Å². The van der Waals surface area contributed by atoms with Gasteiger partial charge in [0.1, 0.15) is 11.3 Å². The van der Waals surface area contributed by atoms with Crippen molar-refractivity contribution in [3.63, 3.8) is 0 Å². The van der Waals surface area contributed by atoms with Gasteiger partial charge in [0, 0.05) is 21.8 Å². The lowest BCUT2D eigenvalue weighted by Gasteiger charge is -2.39. The van der Waals surface area contributed by atoms with Gasteiger partial charge in [-0.15, -0.1) is 0 Å². The number of carbonyl (C=O) groups excluding carboxylic acids is 1. The van der Waals surface area contributed by atoms with Crippen molar-refractivity contribution in [3.8, 4) is 5.75 Å². The van der Waals surface area contributed by atoms with Crippen LogP contribution in [0.3, 0.4) is 0 Å². The van der Waals surface area contributed by atoms with Gasteiger partial charge >= 0.3 is 5.97 Å². The molecule has 4 aromatic carbocycles. The van der Waals surface area contributed by atoms with Crippen LogP contribution in [0.4, 0.5) is 0 Å². The van der Waals surface area contributed by atoms with Gasteiger partial charge in [-0.05, 0) is 128 Å². The van der Waals surface area contributed by atoms with Crippen LogP contribution in [-0.2, 0) is 4.18 Å². The number of carbonyl (C=O) groups is 1. The van der Waals surface area contributed by atoms with Gasteiger partial charge in [-0.1, -0.05) is 30.3 Å². The van der Waals surface area contributed by atoms with E-state index in [1.54, 1.807) is 18.2 Å². The van der Waals surface area contributed by atoms with E-state index in [0.29, 0.717) is 0 Å². The van der Waals surface area contributed by atoms with E-state index in [4.69, 9.17) is 4.18 Å². The lowest BCUT2D eigenvalue weighted by molar-refractivity contribution is 0.0754. The summed E-state index contributed by atoms with van der Waals surface area (Å²) < 4.78 is 8.61. The number of hydrogen-bond acceptors (Lipinski definition) is 3. The number of hydrogen-bond donors (Lipinski definition) is 1. The molecule has 0 spiro atoms. The molecule has 0 radical (unpaired) electrons. The van der Waals surface area contributed by atoms with Crippen molar-refractivity contribution in [2.75, 3.05) is 0 Å². The first kappa shape index (κ1) is 22.2. The minimum Gasteiger partial charge on any atom is -0.507 e. The van der Waals surface area contributed by atoms with Crippen LogP contribution in [-0.4, -0.2) is 11.1 Å². The molecule has 0 saturated heterocycles. The number of halogens is 2. The van der Waals surface area contributed by atoms with Crippen molar-refractivity contribution >= 4 is 61.5 Å². The number of aromatic hydroxyl groups is 1. The maximum atomic E-state index is 13.4. The highest BCUT2D eigenvalue weighted by molar-refractivity contribution is 14.1. The molecule has 3 nitrogen and oxygen atoms in total. The molecule has 0 bridgehead atoms. The third-order valence-corrected chi connectivity index (χ3v) is 9.34. The van der Waals surface area contributed by atoms with E-state index in [9.17, 15) is 9.90 Å². The summed E-state index contributed by atoms with van der Waals surface area (Å²) in [4.78, 5) is 16.1. The first-order chi connectivity index (χ1) is 15.0. The van der Waals surface area contributed by atoms with Crippen molar-refractivity contribution in [1.29, 1.82) is 0 Å². The van der Waals surface area contributed by atoms with Gasteiger partial charge in [-0.3, -0.25) is 0 Å². The van der Waals surface area contributed by atoms with Gasteiger partial charge in [-0.25, -0.2) is 4.79 Å². The Bertz CT molecular complexity index is 1150. The number of phenols is 1. The van der Waals surface area contributed by atoms with E-state index in [1.807, 2.05) is 78.9 Å². The van der Waals surface area contributed by atoms with Gasteiger partial charge in [0.05, 0.1) is 0 Å². The topological polar surface area (TPSA) is 46.5 Å². The maximum Gasteiger partial charge on any atom is 0.353 e. The molecule has 0 fully saturated rings. The Hall–Kier alpha value is -2.04. The van der Waals surface area contributed by atoms with Gasteiger partial charge in [0.15, 0.2) is 0 Å². The summed E-state index contributed by atoms with van der Waals surface area (Å²) in [6.07, 6.45) is 0. The molecule has 0 aliphatic heterocycles. The Morgan fingerprint density at radius 2 is 1.10 bits per heavy atom. The van der Waals surface area contributed by atoms with Crippen LogP contribution < -0.4 is 0 Å². The summed E-state index contributed by atoms with van der Waals surface area (Å²) in [5.74, 6) is -0.659. The predicted molar refractivity (Wildman–Crippen MR) is 141 cm³/mol. The molecule has 156 valence electrons. The fourth-order valence-corrected chi connectivity index (χ4v) is 6.94. The average Bonchev–Trinajstić information content (AvgIpc) is 2.79. The largest absolute Gasteiger partial charge is 0.507 e. The fourth-order valence-electron chi connectivity index (χ4n) is 3.22. The summed E-state index contributed by atoms with van der Waals surface area (Å²) in [5, 5.41) is 10.3. The molecule has 4 aromatic rings. The van der Waals surface area contributed by atoms with Crippen molar-refractivity contribution in [2.45, 2.75) is 14.7 Å². The van der Waals surface area contributed by atoms with Crippen LogP contribution in [0.15, 0.2) is 118 Å². The average molecular weight is 652 g/mol. The summed E-state index contributed by atoms with van der Waals surface area (Å²) in [6, 6.07) is 32.4. The van der Waals surface area contributed by atoms with Crippen LogP contribution in [0.25, 0.3) is 0 Å². The fraction of sp³-hybridized carbons (Fsp3) is 0. The minimum atomic E-state index is -2.40. The molecule has 31 heavy (non-hydrogen) atoms. The van der Waals surface area contributed by atoms with Crippen LogP contribution in [0, 0.1) is 7.14 Å². The van der Waals surface area contributed by atoms with Crippen molar-refractivity contribution in [2.24, 2.45) is 0 Å². The Labute approximate surface area is 210 Å². The third kappa shape index (κ3) is 4.61. The first-order valence-corrected chi connectivity index (χ1v) is 13.1. The van der Waals surface area contributed by atoms with E-state index in [0.717, 1.165) is 21.8 Å². The van der Waals surface area contributed by atoms with Crippen LogP contribution >= 0.6 is 55.5 Å². The molecule has 0 aliphatic carbocycles. The van der Waals surface area contributed by atoms with E-state index in [2.05, 4.69) is 45.2 Å². The molecule has 0 amide bonds. The lowest BCUT2D eigenvalue weighted by Crippen LogP contribution is -2.14. The number of rotatable bonds is 5. The maximum absolute atomic E-state index is 13.4. The molecule has 0 saturated carbocycles. The van der Waals surface area contributed by atoms with E-state index >= 15 is 0 Å². The number of phenolic OH excluding ortho intramolecular Hbond substituents is 1. The van der Waals surface area contributed by atoms with Crippen LogP contribution in [0.1, 0.15) is 10.4 Å². The molecular weight excluding hydrogens is 634 g/mol. The third-order valence-electron chi connectivity index (χ3n) is 4.69. The summed E-state index contributed by atoms with van der Waals surface area (Å²) in [6.45, 7) is 0. The standard InChI is InChI=1S/C25H18I2O3S/c26-18-10-14-21(15-11-18)31(20-6-2-1-3-7-20,22-16-12-19(27)13-17-22)30-25(29)23-8-4-5-9-24(23)28/h1-17,28H. The highest BCUT2D eigenvalue weighted by Crippen LogP contribution is 2.69. The Morgan fingerprint density at radius 3 is 1.61 bits per heavy atom. The molecule has 6 heteroatoms. The quantitative estimate of drug-likeness (QED) is 0.226. The van der Waals surface area contributed by atoms with Crippen molar-refractivity contribution in [3.05, 3.63) is 116 Å². The van der Waals surface area contributed by atoms with E-state index in [-0.39, 0.29) is 11.3 Å². The molecule has 1 N–H and O–H groups in total. The van der Waals surface area contributed by atoms with Gasteiger partial charge in [0.2, 0.25) is 0 Å². The molecule has 4 rings (SSSR count). The zero-order valence-corrected chi connectivity index (χ0v) is 21.4.